The average Bonchev–Trinajstić information content (AvgIpc) is 1.94. The molecule has 1 aliphatic rings. The van der Waals surface area contributed by atoms with Crippen LogP contribution in [0.25, 0.3) is 0 Å². The molecule has 0 aromatic rings. The molecule has 1 N–H and O–H groups in total. The molecule has 1 rings (SSSR count). The lowest BCUT2D eigenvalue weighted by Gasteiger charge is -2.34. The van der Waals surface area contributed by atoms with Crippen molar-refractivity contribution >= 4 is 0 Å². The van der Waals surface area contributed by atoms with Crippen molar-refractivity contribution in [2.75, 3.05) is 6.54 Å². The zero-order valence-electron chi connectivity index (χ0n) is 7.85. The van der Waals surface area contributed by atoms with Crippen LogP contribution in [0.1, 0.15) is 33.6 Å². The zero-order chi connectivity index (χ0) is 8.32. The summed E-state index contributed by atoms with van der Waals surface area (Å²) in [5, 5.41) is 3.52. The smallest absolute Gasteiger partial charge is 0.0250 e. The van der Waals surface area contributed by atoms with Crippen molar-refractivity contribution in [3.8, 4) is 0 Å². The van der Waals surface area contributed by atoms with Gasteiger partial charge in [0.15, 0.2) is 0 Å². The van der Waals surface area contributed by atoms with E-state index in [1.807, 2.05) is 0 Å². The van der Waals surface area contributed by atoms with Crippen LogP contribution in [-0.2, 0) is 0 Å². The summed E-state index contributed by atoms with van der Waals surface area (Å²) in [5.41, 5.74) is 0.512. The highest BCUT2D eigenvalue weighted by Crippen LogP contribution is 2.26. The van der Waals surface area contributed by atoms with Gasteiger partial charge in [0, 0.05) is 12.6 Å². The third-order valence-corrected chi connectivity index (χ3v) is 2.40. The predicted molar refractivity (Wildman–Crippen MR) is 49.6 cm³/mol. The number of piperidine rings is 1. The fraction of sp³-hybridized carbons (Fsp3) is 0.800. The second kappa shape index (κ2) is 3.40. The van der Waals surface area contributed by atoms with E-state index >= 15 is 0 Å². The molecule has 1 nitrogen and oxygen atoms in total. The third-order valence-electron chi connectivity index (χ3n) is 2.40. The summed E-state index contributed by atoms with van der Waals surface area (Å²) in [7, 11) is 0. The summed E-state index contributed by atoms with van der Waals surface area (Å²) in [6.45, 7) is 7.89. The lowest BCUT2D eigenvalue weighted by Crippen LogP contribution is -2.41. The van der Waals surface area contributed by atoms with Gasteiger partial charge in [0.1, 0.15) is 0 Å². The summed E-state index contributed by atoms with van der Waals surface area (Å²) in [6, 6.07) is 0.632. The van der Waals surface area contributed by atoms with E-state index in [0.29, 0.717) is 11.5 Å². The van der Waals surface area contributed by atoms with E-state index in [0.717, 1.165) is 6.54 Å². The fourth-order valence-corrected chi connectivity index (χ4v) is 1.54. The van der Waals surface area contributed by atoms with Crippen LogP contribution in [-0.4, -0.2) is 12.6 Å². The van der Waals surface area contributed by atoms with Gasteiger partial charge in [0.25, 0.3) is 0 Å². The van der Waals surface area contributed by atoms with Crippen molar-refractivity contribution < 1.29 is 0 Å². The van der Waals surface area contributed by atoms with Crippen molar-refractivity contribution in [1.29, 1.82) is 0 Å². The second-order valence-electron chi connectivity index (χ2n) is 4.22. The van der Waals surface area contributed by atoms with E-state index in [4.69, 9.17) is 0 Å². The van der Waals surface area contributed by atoms with Gasteiger partial charge in [0.2, 0.25) is 0 Å². The van der Waals surface area contributed by atoms with Crippen LogP contribution in [0.3, 0.4) is 0 Å². The Balaban J connectivity index is 2.36. The van der Waals surface area contributed by atoms with Crippen LogP contribution in [0, 0.1) is 5.41 Å². The maximum atomic E-state index is 3.52. The molecule has 0 aromatic carbocycles. The second-order valence-corrected chi connectivity index (χ2v) is 4.22. The molecule has 1 atom stereocenters. The van der Waals surface area contributed by atoms with Crippen molar-refractivity contribution in [1.82, 2.24) is 5.32 Å². The molecule has 1 saturated heterocycles. The monoisotopic (exact) mass is 153 g/mol. The first-order valence-corrected chi connectivity index (χ1v) is 4.50. The number of hydrogen-bond donors (Lipinski definition) is 1. The van der Waals surface area contributed by atoms with Gasteiger partial charge in [-0.25, -0.2) is 0 Å². The highest BCUT2D eigenvalue weighted by Gasteiger charge is 2.24. The van der Waals surface area contributed by atoms with Gasteiger partial charge >= 0.3 is 0 Å². The summed E-state index contributed by atoms with van der Waals surface area (Å²) in [5.74, 6) is 0. The third kappa shape index (κ3) is 2.66. The van der Waals surface area contributed by atoms with E-state index in [1.54, 1.807) is 0 Å². The summed E-state index contributed by atoms with van der Waals surface area (Å²) < 4.78 is 0. The SMILES string of the molecule is CC=CC1CCC(C)(C)CN1. The van der Waals surface area contributed by atoms with Gasteiger partial charge in [-0.1, -0.05) is 26.0 Å². The van der Waals surface area contributed by atoms with Gasteiger partial charge in [-0.15, -0.1) is 0 Å². The number of allylic oxidation sites excluding steroid dienone is 1. The molecule has 1 heteroatoms. The maximum absolute atomic E-state index is 3.52. The molecule has 1 heterocycles. The van der Waals surface area contributed by atoms with Crippen LogP contribution in [0.2, 0.25) is 0 Å². The molecular weight excluding hydrogens is 134 g/mol. The van der Waals surface area contributed by atoms with Gasteiger partial charge in [-0.3, -0.25) is 0 Å². The molecule has 0 bridgehead atoms. The normalized spacial score (nSPS) is 31.0. The van der Waals surface area contributed by atoms with Crippen molar-refractivity contribution in [3.05, 3.63) is 12.2 Å². The Bertz CT molecular complexity index is 137. The molecule has 0 spiro atoms. The quantitative estimate of drug-likeness (QED) is 0.570. The minimum atomic E-state index is 0.512. The van der Waals surface area contributed by atoms with E-state index in [9.17, 15) is 0 Å². The molecule has 11 heavy (non-hydrogen) atoms. The summed E-state index contributed by atoms with van der Waals surface area (Å²) >= 11 is 0. The Labute approximate surface area is 69.9 Å². The van der Waals surface area contributed by atoms with Crippen LogP contribution in [0.4, 0.5) is 0 Å². The summed E-state index contributed by atoms with van der Waals surface area (Å²) in [6.07, 6.45) is 7.03. The number of nitrogens with one attached hydrogen (secondary N) is 1. The molecule has 0 aromatic heterocycles. The summed E-state index contributed by atoms with van der Waals surface area (Å²) in [4.78, 5) is 0. The first kappa shape index (κ1) is 8.79. The molecular formula is C10H19N. The predicted octanol–water partition coefficient (Wildman–Crippen LogP) is 2.34. The lowest BCUT2D eigenvalue weighted by atomic mass is 9.82. The van der Waals surface area contributed by atoms with E-state index in [2.05, 4.69) is 38.2 Å². The largest absolute Gasteiger partial charge is 0.310 e. The lowest BCUT2D eigenvalue weighted by molar-refractivity contribution is 0.241. The Morgan fingerprint density at radius 2 is 2.18 bits per heavy atom. The standard InChI is InChI=1S/C10H19N/c1-4-5-9-6-7-10(2,3)8-11-9/h4-5,9,11H,6-8H2,1-3H3. The van der Waals surface area contributed by atoms with Crippen molar-refractivity contribution in [3.63, 3.8) is 0 Å². The maximum Gasteiger partial charge on any atom is 0.0250 e. The van der Waals surface area contributed by atoms with Gasteiger partial charge in [-0.05, 0) is 25.2 Å². The highest BCUT2D eigenvalue weighted by atomic mass is 14.9. The van der Waals surface area contributed by atoms with E-state index in [1.165, 1.54) is 12.8 Å². The molecule has 1 fully saturated rings. The Kier molecular flexibility index (Phi) is 2.72. The first-order chi connectivity index (χ1) is 5.14. The van der Waals surface area contributed by atoms with Crippen molar-refractivity contribution in [2.45, 2.75) is 39.7 Å². The Morgan fingerprint density at radius 3 is 2.64 bits per heavy atom. The molecule has 0 amide bonds. The van der Waals surface area contributed by atoms with Crippen LogP contribution in [0.15, 0.2) is 12.2 Å². The van der Waals surface area contributed by atoms with Crippen LogP contribution < -0.4 is 5.32 Å². The Hall–Kier alpha value is -0.300. The molecule has 0 radical (unpaired) electrons. The first-order valence-electron chi connectivity index (χ1n) is 4.50. The molecule has 1 aliphatic heterocycles. The van der Waals surface area contributed by atoms with Gasteiger partial charge < -0.3 is 5.32 Å². The Morgan fingerprint density at radius 1 is 1.45 bits per heavy atom. The molecule has 64 valence electrons. The molecule has 0 saturated carbocycles. The fourth-order valence-electron chi connectivity index (χ4n) is 1.54. The van der Waals surface area contributed by atoms with E-state index in [-0.39, 0.29) is 0 Å². The number of rotatable bonds is 1. The minimum absolute atomic E-state index is 0.512. The minimum Gasteiger partial charge on any atom is -0.310 e. The van der Waals surface area contributed by atoms with Gasteiger partial charge in [-0.2, -0.15) is 0 Å². The van der Waals surface area contributed by atoms with Crippen molar-refractivity contribution in [2.24, 2.45) is 5.41 Å². The molecule has 1 unspecified atom stereocenters. The van der Waals surface area contributed by atoms with Crippen LogP contribution in [0.5, 0.6) is 0 Å². The van der Waals surface area contributed by atoms with Gasteiger partial charge in [0.05, 0.1) is 0 Å². The van der Waals surface area contributed by atoms with E-state index < -0.39 is 0 Å². The molecule has 0 aliphatic carbocycles. The zero-order valence-corrected chi connectivity index (χ0v) is 7.85. The average molecular weight is 153 g/mol. The topological polar surface area (TPSA) is 12.0 Å². The highest BCUT2D eigenvalue weighted by molar-refractivity contribution is 4.95. The van der Waals surface area contributed by atoms with Crippen LogP contribution >= 0.6 is 0 Å². The number of hydrogen-bond acceptors (Lipinski definition) is 1.